The molecule has 0 saturated carbocycles. The van der Waals surface area contributed by atoms with E-state index in [1.165, 1.54) is 6.92 Å². The van der Waals surface area contributed by atoms with E-state index in [-0.39, 0.29) is 10.8 Å². The van der Waals surface area contributed by atoms with Crippen LogP contribution >= 0.6 is 0 Å². The van der Waals surface area contributed by atoms with Gasteiger partial charge in [-0.25, -0.2) is 13.1 Å². The largest absolute Gasteiger partial charge is 0.343 e. The molecule has 0 saturated heterocycles. The van der Waals surface area contributed by atoms with Crippen molar-refractivity contribution >= 4 is 15.9 Å². The monoisotopic (exact) mass is 326 g/mol. The van der Waals surface area contributed by atoms with Gasteiger partial charge in [0.15, 0.2) is 0 Å². The Bertz CT molecular complexity index is 580. The van der Waals surface area contributed by atoms with Crippen LogP contribution in [0.4, 0.5) is 0 Å². The first-order chi connectivity index (χ1) is 10.3. The highest BCUT2D eigenvalue weighted by molar-refractivity contribution is 7.89. The predicted octanol–water partition coefficient (Wildman–Crippen LogP) is 2.35. The maximum absolute atomic E-state index is 12.2. The Labute approximate surface area is 133 Å². The average molecular weight is 326 g/mol. The zero-order valence-electron chi connectivity index (χ0n) is 13.8. The number of carbonyl (C=O) groups excluding carboxylic acids is 1. The van der Waals surface area contributed by atoms with Gasteiger partial charge in [-0.1, -0.05) is 26.0 Å². The van der Waals surface area contributed by atoms with Gasteiger partial charge in [-0.2, -0.15) is 0 Å². The number of rotatable bonds is 8. The summed E-state index contributed by atoms with van der Waals surface area (Å²) in [5.41, 5.74) is 1.11. The summed E-state index contributed by atoms with van der Waals surface area (Å²) in [4.78, 5) is 13.2. The highest BCUT2D eigenvalue weighted by Gasteiger charge is 2.14. The fourth-order valence-electron chi connectivity index (χ4n) is 2.13. The number of benzene rings is 1. The minimum atomic E-state index is -3.48. The third-order valence-corrected chi connectivity index (χ3v) is 5.06. The van der Waals surface area contributed by atoms with Crippen LogP contribution in [0, 0.1) is 0 Å². The Kier molecular flexibility index (Phi) is 7.03. The van der Waals surface area contributed by atoms with Gasteiger partial charge in [0.25, 0.3) is 0 Å². The number of carbonyl (C=O) groups is 1. The van der Waals surface area contributed by atoms with Crippen molar-refractivity contribution in [1.29, 1.82) is 0 Å². The van der Waals surface area contributed by atoms with Gasteiger partial charge in [0.1, 0.15) is 0 Å². The molecule has 0 heterocycles. The molecule has 22 heavy (non-hydrogen) atoms. The van der Waals surface area contributed by atoms with Gasteiger partial charge in [0.05, 0.1) is 4.90 Å². The molecular formula is C16H26N2O3S. The van der Waals surface area contributed by atoms with E-state index in [2.05, 4.69) is 18.6 Å². The third-order valence-electron chi connectivity index (χ3n) is 3.58. The van der Waals surface area contributed by atoms with E-state index < -0.39 is 10.0 Å². The zero-order valence-corrected chi connectivity index (χ0v) is 14.6. The van der Waals surface area contributed by atoms with Crippen LogP contribution in [-0.2, 0) is 14.8 Å². The van der Waals surface area contributed by atoms with Crippen LogP contribution in [0.5, 0.6) is 0 Å². The molecule has 124 valence electrons. The van der Waals surface area contributed by atoms with E-state index in [4.69, 9.17) is 0 Å². The summed E-state index contributed by atoms with van der Waals surface area (Å²) >= 11 is 0. The molecule has 0 aliphatic rings. The molecule has 1 aromatic rings. The van der Waals surface area contributed by atoms with E-state index >= 15 is 0 Å². The molecule has 0 unspecified atom stereocenters. The van der Waals surface area contributed by atoms with Gasteiger partial charge in [0, 0.05) is 26.6 Å². The van der Waals surface area contributed by atoms with E-state index in [1.807, 2.05) is 19.1 Å². The van der Waals surface area contributed by atoms with E-state index in [0.717, 1.165) is 5.56 Å². The second-order valence-electron chi connectivity index (χ2n) is 5.57. The summed E-state index contributed by atoms with van der Waals surface area (Å²) in [6.45, 7) is 9.07. The lowest BCUT2D eigenvalue weighted by Crippen LogP contribution is -2.32. The SMILES string of the molecule is CCN(CCCNS(=O)(=O)c1ccc(C(C)C)cc1)C(C)=O. The van der Waals surface area contributed by atoms with Crippen molar-refractivity contribution in [2.75, 3.05) is 19.6 Å². The van der Waals surface area contributed by atoms with Crippen molar-refractivity contribution in [2.45, 2.75) is 44.9 Å². The molecule has 0 aliphatic carbocycles. The fraction of sp³-hybridized carbons (Fsp3) is 0.562. The molecule has 0 aromatic heterocycles. The summed E-state index contributed by atoms with van der Waals surface area (Å²) in [6, 6.07) is 6.94. The Balaban J connectivity index is 2.55. The van der Waals surface area contributed by atoms with Crippen molar-refractivity contribution in [1.82, 2.24) is 9.62 Å². The smallest absolute Gasteiger partial charge is 0.240 e. The highest BCUT2D eigenvalue weighted by atomic mass is 32.2. The summed E-state index contributed by atoms with van der Waals surface area (Å²) in [5, 5.41) is 0. The second kappa shape index (κ2) is 8.29. The first-order valence-corrected chi connectivity index (χ1v) is 9.11. The molecule has 1 aromatic carbocycles. The molecule has 6 heteroatoms. The minimum absolute atomic E-state index is 0.00892. The molecule has 0 bridgehead atoms. The van der Waals surface area contributed by atoms with Crippen molar-refractivity contribution in [3.05, 3.63) is 29.8 Å². The van der Waals surface area contributed by atoms with Crippen LogP contribution in [0.3, 0.4) is 0 Å². The van der Waals surface area contributed by atoms with E-state index in [9.17, 15) is 13.2 Å². The van der Waals surface area contributed by atoms with Gasteiger partial charge >= 0.3 is 0 Å². The lowest BCUT2D eigenvalue weighted by atomic mass is 10.0. The summed E-state index contributed by atoms with van der Waals surface area (Å²) in [5.74, 6) is 0.381. The van der Waals surface area contributed by atoms with Crippen LogP contribution in [0.1, 0.15) is 45.6 Å². The van der Waals surface area contributed by atoms with E-state index in [1.54, 1.807) is 17.0 Å². The molecule has 5 nitrogen and oxygen atoms in total. The van der Waals surface area contributed by atoms with Crippen LogP contribution < -0.4 is 4.72 Å². The number of hydrogen-bond acceptors (Lipinski definition) is 3. The molecule has 0 fully saturated rings. The topological polar surface area (TPSA) is 66.5 Å². The van der Waals surface area contributed by atoms with Crippen molar-refractivity contribution in [3.8, 4) is 0 Å². The molecule has 0 spiro atoms. The second-order valence-corrected chi connectivity index (χ2v) is 7.34. The van der Waals surface area contributed by atoms with Crippen molar-refractivity contribution < 1.29 is 13.2 Å². The number of hydrogen-bond donors (Lipinski definition) is 1. The predicted molar refractivity (Wildman–Crippen MR) is 88.3 cm³/mol. The lowest BCUT2D eigenvalue weighted by Gasteiger charge is -2.18. The summed E-state index contributed by atoms with van der Waals surface area (Å²) in [7, 11) is -3.48. The molecule has 0 aliphatic heterocycles. The van der Waals surface area contributed by atoms with Crippen LogP contribution in [0.2, 0.25) is 0 Å². The third kappa shape index (κ3) is 5.42. The Morgan fingerprint density at radius 1 is 1.23 bits per heavy atom. The Morgan fingerprint density at radius 3 is 2.27 bits per heavy atom. The molecule has 1 amide bonds. The number of nitrogens with zero attached hydrogens (tertiary/aromatic N) is 1. The molecular weight excluding hydrogens is 300 g/mol. The quantitative estimate of drug-likeness (QED) is 0.746. The van der Waals surface area contributed by atoms with Gasteiger partial charge in [0.2, 0.25) is 15.9 Å². The van der Waals surface area contributed by atoms with Gasteiger partial charge in [-0.05, 0) is 37.0 Å². The lowest BCUT2D eigenvalue weighted by molar-refractivity contribution is -0.128. The number of nitrogens with one attached hydrogen (secondary N) is 1. The molecule has 1 rings (SSSR count). The molecule has 0 atom stereocenters. The minimum Gasteiger partial charge on any atom is -0.343 e. The number of sulfonamides is 1. The standard InChI is InChI=1S/C16H26N2O3S/c1-5-18(14(4)19)12-6-11-17-22(20,21)16-9-7-15(8-10-16)13(2)3/h7-10,13,17H,5-6,11-12H2,1-4H3. The van der Waals surface area contributed by atoms with Crippen LogP contribution in [0.25, 0.3) is 0 Å². The summed E-state index contributed by atoms with van der Waals surface area (Å²) < 4.78 is 26.9. The fourth-order valence-corrected chi connectivity index (χ4v) is 3.20. The maximum Gasteiger partial charge on any atom is 0.240 e. The zero-order chi connectivity index (χ0) is 16.8. The number of amides is 1. The van der Waals surface area contributed by atoms with Crippen molar-refractivity contribution in [3.63, 3.8) is 0 Å². The molecule has 0 radical (unpaired) electrons. The highest BCUT2D eigenvalue weighted by Crippen LogP contribution is 2.17. The first kappa shape index (κ1) is 18.6. The van der Waals surface area contributed by atoms with Crippen molar-refractivity contribution in [2.24, 2.45) is 0 Å². The Hall–Kier alpha value is -1.40. The first-order valence-electron chi connectivity index (χ1n) is 7.63. The normalized spacial score (nSPS) is 11.7. The van der Waals surface area contributed by atoms with E-state index in [0.29, 0.717) is 32.0 Å². The Morgan fingerprint density at radius 2 is 1.82 bits per heavy atom. The maximum atomic E-state index is 12.2. The van der Waals surface area contributed by atoms with Gasteiger partial charge in [-0.15, -0.1) is 0 Å². The van der Waals surface area contributed by atoms with Crippen LogP contribution in [-0.4, -0.2) is 38.9 Å². The average Bonchev–Trinajstić information content (AvgIpc) is 2.47. The molecule has 1 N–H and O–H groups in total. The van der Waals surface area contributed by atoms with Gasteiger partial charge < -0.3 is 4.90 Å². The van der Waals surface area contributed by atoms with Gasteiger partial charge in [-0.3, -0.25) is 4.79 Å². The van der Waals surface area contributed by atoms with Crippen LogP contribution in [0.15, 0.2) is 29.2 Å². The summed E-state index contributed by atoms with van der Waals surface area (Å²) in [6.07, 6.45) is 0.594.